The maximum Gasteiger partial charge on any atom is 0.237 e. The van der Waals surface area contributed by atoms with Crippen LogP contribution in [0.4, 0.5) is 5.69 Å². The third kappa shape index (κ3) is 4.95. The Labute approximate surface area is 154 Å². The van der Waals surface area contributed by atoms with Gasteiger partial charge in [0, 0.05) is 9.92 Å². The van der Waals surface area contributed by atoms with Crippen molar-refractivity contribution in [1.82, 2.24) is 0 Å². The van der Waals surface area contributed by atoms with Crippen LogP contribution in [0.25, 0.3) is 0 Å². The second-order valence-corrected chi connectivity index (χ2v) is 7.33. The summed E-state index contributed by atoms with van der Waals surface area (Å²) in [6, 6.07) is 10.6. The Hall–Kier alpha value is -1.07. The number of halogens is 3. The summed E-state index contributed by atoms with van der Waals surface area (Å²) in [5, 5.41) is 3.44. The molecule has 0 radical (unpaired) electrons. The molecule has 2 rings (SSSR count). The summed E-state index contributed by atoms with van der Waals surface area (Å²) in [5.74, 6) is 0.572. The number of anilines is 1. The summed E-state index contributed by atoms with van der Waals surface area (Å²) < 4.78 is 5.11. The molecule has 2 aromatic rings. The predicted octanol–water partition coefficient (Wildman–Crippen LogP) is 5.77. The SMILES string of the molecule is COc1ccc(S[C@@H](C)C(=O)Nc2c(Cl)cc(Cl)cc2Cl)cc1. The Balaban J connectivity index is 2.05. The summed E-state index contributed by atoms with van der Waals surface area (Å²) >= 11 is 19.4. The maximum absolute atomic E-state index is 12.3. The van der Waals surface area contributed by atoms with Crippen LogP contribution in [0.3, 0.4) is 0 Å². The standard InChI is InChI=1S/C16H14Cl3NO2S/c1-9(23-12-5-3-11(22-2)4-6-12)16(21)20-15-13(18)7-10(17)8-14(15)19/h3-9H,1-2H3,(H,20,21)/t9-/m0/s1. The lowest BCUT2D eigenvalue weighted by atomic mass is 10.3. The first-order valence-electron chi connectivity index (χ1n) is 6.67. The number of methoxy groups -OCH3 is 1. The molecule has 2 aromatic carbocycles. The highest BCUT2D eigenvalue weighted by Gasteiger charge is 2.18. The van der Waals surface area contributed by atoms with Crippen LogP contribution in [-0.4, -0.2) is 18.3 Å². The number of carbonyl (C=O) groups excluding carboxylic acids is 1. The summed E-state index contributed by atoms with van der Waals surface area (Å²) in [6.45, 7) is 1.81. The van der Waals surface area contributed by atoms with Crippen LogP contribution in [-0.2, 0) is 4.79 Å². The fourth-order valence-electron chi connectivity index (χ4n) is 1.80. The van der Waals surface area contributed by atoms with Crippen LogP contribution >= 0.6 is 46.6 Å². The van der Waals surface area contributed by atoms with Gasteiger partial charge in [-0.1, -0.05) is 34.8 Å². The Kier molecular flexibility index (Phi) is 6.48. The molecule has 0 bridgehead atoms. The molecule has 0 aliphatic carbocycles. The van der Waals surface area contributed by atoms with E-state index in [4.69, 9.17) is 39.5 Å². The molecule has 0 saturated heterocycles. The molecule has 0 spiro atoms. The van der Waals surface area contributed by atoms with Gasteiger partial charge >= 0.3 is 0 Å². The molecular formula is C16H14Cl3NO2S. The van der Waals surface area contributed by atoms with E-state index in [1.807, 2.05) is 31.2 Å². The van der Waals surface area contributed by atoms with E-state index >= 15 is 0 Å². The fraction of sp³-hybridized carbons (Fsp3) is 0.188. The van der Waals surface area contributed by atoms with Gasteiger partial charge in [0.05, 0.1) is 28.1 Å². The number of hydrogen-bond acceptors (Lipinski definition) is 3. The van der Waals surface area contributed by atoms with Crippen molar-refractivity contribution in [3.63, 3.8) is 0 Å². The molecule has 1 N–H and O–H groups in total. The van der Waals surface area contributed by atoms with Crippen molar-refractivity contribution in [2.24, 2.45) is 0 Å². The van der Waals surface area contributed by atoms with Crippen LogP contribution in [0.5, 0.6) is 5.75 Å². The minimum atomic E-state index is -0.328. The molecule has 122 valence electrons. The number of thioether (sulfide) groups is 1. The molecule has 0 saturated carbocycles. The maximum atomic E-state index is 12.3. The molecule has 0 unspecified atom stereocenters. The highest BCUT2D eigenvalue weighted by Crippen LogP contribution is 2.34. The smallest absolute Gasteiger partial charge is 0.237 e. The molecular weight excluding hydrogens is 377 g/mol. The van der Waals surface area contributed by atoms with Crippen molar-refractivity contribution in [1.29, 1.82) is 0 Å². The van der Waals surface area contributed by atoms with E-state index in [9.17, 15) is 4.79 Å². The second kappa shape index (κ2) is 8.15. The zero-order valence-corrected chi connectivity index (χ0v) is 15.5. The molecule has 0 heterocycles. The predicted molar refractivity (Wildman–Crippen MR) is 98.4 cm³/mol. The van der Waals surface area contributed by atoms with Crippen LogP contribution in [0.15, 0.2) is 41.3 Å². The summed E-state index contributed by atoms with van der Waals surface area (Å²) in [5.41, 5.74) is 0.366. The first-order chi connectivity index (χ1) is 10.9. The van der Waals surface area contributed by atoms with Crippen LogP contribution in [0.2, 0.25) is 15.1 Å². The molecule has 7 heteroatoms. The van der Waals surface area contributed by atoms with Crippen molar-refractivity contribution in [2.75, 3.05) is 12.4 Å². The fourth-order valence-corrected chi connectivity index (χ4v) is 3.58. The Morgan fingerprint density at radius 2 is 1.70 bits per heavy atom. The average Bonchev–Trinajstić information content (AvgIpc) is 2.51. The van der Waals surface area contributed by atoms with Crippen molar-refractivity contribution in [3.05, 3.63) is 51.5 Å². The van der Waals surface area contributed by atoms with E-state index in [1.54, 1.807) is 7.11 Å². The van der Waals surface area contributed by atoms with Gasteiger partial charge in [-0.25, -0.2) is 0 Å². The van der Waals surface area contributed by atoms with Crippen LogP contribution in [0, 0.1) is 0 Å². The summed E-state index contributed by atoms with van der Waals surface area (Å²) in [6.07, 6.45) is 0. The first-order valence-corrected chi connectivity index (χ1v) is 8.68. The number of carbonyl (C=O) groups is 1. The zero-order chi connectivity index (χ0) is 17.0. The van der Waals surface area contributed by atoms with Crippen molar-refractivity contribution in [2.45, 2.75) is 17.1 Å². The van der Waals surface area contributed by atoms with E-state index in [2.05, 4.69) is 5.32 Å². The van der Waals surface area contributed by atoms with Gasteiger partial charge in [-0.2, -0.15) is 0 Å². The lowest BCUT2D eigenvalue weighted by Crippen LogP contribution is -2.22. The number of nitrogens with one attached hydrogen (secondary N) is 1. The minimum absolute atomic E-state index is 0.197. The van der Waals surface area contributed by atoms with E-state index in [1.165, 1.54) is 23.9 Å². The lowest BCUT2D eigenvalue weighted by Gasteiger charge is -2.14. The van der Waals surface area contributed by atoms with Gasteiger partial charge in [0.2, 0.25) is 5.91 Å². The molecule has 0 aliphatic heterocycles. The second-order valence-electron chi connectivity index (χ2n) is 4.67. The normalized spacial score (nSPS) is 11.9. The van der Waals surface area contributed by atoms with E-state index in [0.29, 0.717) is 20.8 Å². The number of hydrogen-bond donors (Lipinski definition) is 1. The molecule has 1 amide bonds. The summed E-state index contributed by atoms with van der Waals surface area (Å²) in [7, 11) is 1.61. The largest absolute Gasteiger partial charge is 0.497 e. The highest BCUT2D eigenvalue weighted by atomic mass is 35.5. The Morgan fingerprint density at radius 1 is 1.13 bits per heavy atom. The molecule has 3 nitrogen and oxygen atoms in total. The van der Waals surface area contributed by atoms with Crippen LogP contribution < -0.4 is 10.1 Å². The lowest BCUT2D eigenvalue weighted by molar-refractivity contribution is -0.115. The Morgan fingerprint density at radius 3 is 2.22 bits per heavy atom. The topological polar surface area (TPSA) is 38.3 Å². The minimum Gasteiger partial charge on any atom is -0.497 e. The number of rotatable bonds is 5. The van der Waals surface area contributed by atoms with E-state index < -0.39 is 0 Å². The van der Waals surface area contributed by atoms with Gasteiger partial charge in [-0.15, -0.1) is 11.8 Å². The van der Waals surface area contributed by atoms with E-state index in [-0.39, 0.29) is 11.2 Å². The molecule has 1 atom stereocenters. The highest BCUT2D eigenvalue weighted by molar-refractivity contribution is 8.00. The van der Waals surface area contributed by atoms with Crippen molar-refractivity contribution in [3.8, 4) is 5.75 Å². The number of amides is 1. The molecule has 23 heavy (non-hydrogen) atoms. The van der Waals surface area contributed by atoms with E-state index in [0.717, 1.165) is 10.6 Å². The third-order valence-corrected chi connectivity index (χ3v) is 4.92. The van der Waals surface area contributed by atoms with Gasteiger partial charge in [0.25, 0.3) is 0 Å². The quantitative estimate of drug-likeness (QED) is 0.658. The number of benzene rings is 2. The number of ether oxygens (including phenoxy) is 1. The molecule has 0 fully saturated rings. The zero-order valence-electron chi connectivity index (χ0n) is 12.4. The Bertz CT molecular complexity index is 684. The van der Waals surface area contributed by atoms with Crippen molar-refractivity contribution < 1.29 is 9.53 Å². The van der Waals surface area contributed by atoms with Gasteiger partial charge < -0.3 is 10.1 Å². The van der Waals surface area contributed by atoms with Gasteiger partial charge in [-0.05, 0) is 43.3 Å². The van der Waals surface area contributed by atoms with Gasteiger partial charge in [-0.3, -0.25) is 4.79 Å². The first kappa shape index (κ1) is 18.3. The molecule has 0 aromatic heterocycles. The molecule has 0 aliphatic rings. The van der Waals surface area contributed by atoms with Crippen molar-refractivity contribution >= 4 is 58.2 Å². The van der Waals surface area contributed by atoms with Gasteiger partial charge in [0.15, 0.2) is 0 Å². The monoisotopic (exact) mass is 389 g/mol. The van der Waals surface area contributed by atoms with Gasteiger partial charge in [0.1, 0.15) is 5.75 Å². The summed E-state index contributed by atoms with van der Waals surface area (Å²) in [4.78, 5) is 13.3. The van der Waals surface area contributed by atoms with Crippen LogP contribution in [0.1, 0.15) is 6.92 Å². The average molecular weight is 391 g/mol. The third-order valence-electron chi connectivity index (χ3n) is 3.00.